The molecule has 6 heteroatoms. The summed E-state index contributed by atoms with van der Waals surface area (Å²) in [5.41, 5.74) is 0. The van der Waals surface area contributed by atoms with Gasteiger partial charge in [0.2, 0.25) is 5.91 Å². The largest absolute Gasteiger partial charge is 0.462 e. The zero-order valence-corrected chi connectivity index (χ0v) is 39.7. The minimum absolute atomic E-state index is 0.0649. The van der Waals surface area contributed by atoms with Crippen molar-refractivity contribution in [3.05, 3.63) is 24.3 Å². The lowest BCUT2D eigenvalue weighted by atomic mass is 10.0. The summed E-state index contributed by atoms with van der Waals surface area (Å²) in [7, 11) is 0. The molecular formula is C53H101NO5. The molecule has 0 aliphatic heterocycles. The van der Waals surface area contributed by atoms with Crippen molar-refractivity contribution in [1.82, 2.24) is 5.32 Å². The Morgan fingerprint density at radius 2 is 0.814 bits per heavy atom. The molecule has 0 spiro atoms. The number of nitrogens with one attached hydrogen (secondary N) is 1. The third-order valence-electron chi connectivity index (χ3n) is 12.0. The fourth-order valence-corrected chi connectivity index (χ4v) is 8.01. The van der Waals surface area contributed by atoms with Crippen LogP contribution in [-0.4, -0.2) is 46.9 Å². The van der Waals surface area contributed by atoms with Gasteiger partial charge in [-0.1, -0.05) is 212 Å². The molecule has 0 aromatic rings. The summed E-state index contributed by atoms with van der Waals surface area (Å²) >= 11 is 0. The van der Waals surface area contributed by atoms with Crippen molar-refractivity contribution >= 4 is 11.9 Å². The second kappa shape index (κ2) is 47.4. The van der Waals surface area contributed by atoms with Gasteiger partial charge in [-0.25, -0.2) is 0 Å². The van der Waals surface area contributed by atoms with E-state index >= 15 is 0 Å². The van der Waals surface area contributed by atoms with Crippen molar-refractivity contribution in [1.29, 1.82) is 0 Å². The molecule has 0 saturated carbocycles. The Balaban J connectivity index is 4.60. The molecule has 3 unspecified atom stereocenters. The molecule has 59 heavy (non-hydrogen) atoms. The van der Waals surface area contributed by atoms with Gasteiger partial charge < -0.3 is 20.3 Å². The first-order chi connectivity index (χ1) is 29.0. The van der Waals surface area contributed by atoms with Gasteiger partial charge in [0.05, 0.1) is 25.2 Å². The first-order valence-electron chi connectivity index (χ1n) is 26.1. The summed E-state index contributed by atoms with van der Waals surface area (Å²) in [5, 5.41) is 23.8. The van der Waals surface area contributed by atoms with Crippen molar-refractivity contribution in [2.24, 2.45) is 0 Å². The van der Waals surface area contributed by atoms with Crippen molar-refractivity contribution < 1.29 is 24.5 Å². The second-order valence-corrected chi connectivity index (χ2v) is 17.9. The van der Waals surface area contributed by atoms with Gasteiger partial charge in [-0.05, 0) is 77.0 Å². The molecular weight excluding hydrogens is 731 g/mol. The molecule has 0 rings (SSSR count). The number of carbonyl (C=O) groups is 2. The summed E-state index contributed by atoms with van der Waals surface area (Å²) < 4.78 is 5.92. The SMILES string of the molecule is CCCCCCCC/C=C\CCCCCC(=O)OC(CCCCC/C=C/CCCCCCCCC)CC(=O)NC(CO)C(O)CCCCCCCCCCCCCCC. The van der Waals surface area contributed by atoms with E-state index in [2.05, 4.69) is 50.4 Å². The van der Waals surface area contributed by atoms with Gasteiger partial charge in [-0.3, -0.25) is 9.59 Å². The number of hydrogen-bond donors (Lipinski definition) is 3. The molecule has 0 aromatic heterocycles. The van der Waals surface area contributed by atoms with Gasteiger partial charge in [-0.15, -0.1) is 0 Å². The van der Waals surface area contributed by atoms with E-state index in [1.165, 1.54) is 161 Å². The molecule has 6 nitrogen and oxygen atoms in total. The van der Waals surface area contributed by atoms with Crippen molar-refractivity contribution in [2.75, 3.05) is 6.61 Å². The standard InChI is InChI=1S/C53H101NO5/c1-4-7-10-13-16-19-22-25-28-29-32-35-38-41-44-49(59-53(58)46-43-40-37-34-31-27-24-21-18-15-12-9-6-3)47-52(57)54-50(48-55)51(56)45-42-39-36-33-30-26-23-20-17-14-11-8-5-2/h27-29,31,49-51,55-56H,4-26,30,32-48H2,1-3H3,(H,54,57)/b29-28+,31-27-. The second-order valence-electron chi connectivity index (χ2n) is 17.9. The van der Waals surface area contributed by atoms with Crippen LogP contribution >= 0.6 is 0 Å². The average molecular weight is 832 g/mol. The first-order valence-corrected chi connectivity index (χ1v) is 26.1. The number of unbranched alkanes of at least 4 members (excludes halogenated alkanes) is 31. The van der Waals surface area contributed by atoms with Gasteiger partial charge in [0, 0.05) is 6.42 Å². The highest BCUT2D eigenvalue weighted by molar-refractivity contribution is 5.77. The Kier molecular flexibility index (Phi) is 46.1. The number of esters is 1. The number of amides is 1. The van der Waals surface area contributed by atoms with E-state index in [0.717, 1.165) is 70.6 Å². The summed E-state index contributed by atoms with van der Waals surface area (Å²) in [6, 6.07) is -0.705. The first kappa shape index (κ1) is 57.3. The number of ether oxygens (including phenoxy) is 1. The van der Waals surface area contributed by atoms with Crippen LogP contribution in [0.3, 0.4) is 0 Å². The van der Waals surface area contributed by atoms with Crippen molar-refractivity contribution in [3.63, 3.8) is 0 Å². The van der Waals surface area contributed by atoms with Crippen LogP contribution in [0.1, 0.15) is 278 Å². The smallest absolute Gasteiger partial charge is 0.306 e. The predicted molar refractivity (Wildman–Crippen MR) is 255 cm³/mol. The molecule has 0 heterocycles. The Morgan fingerprint density at radius 3 is 1.22 bits per heavy atom. The molecule has 1 amide bonds. The lowest BCUT2D eigenvalue weighted by Gasteiger charge is -2.24. The van der Waals surface area contributed by atoms with Gasteiger partial charge in [0.1, 0.15) is 6.10 Å². The van der Waals surface area contributed by atoms with E-state index in [1.807, 2.05) is 0 Å². The van der Waals surface area contributed by atoms with Crippen molar-refractivity contribution in [2.45, 2.75) is 296 Å². The van der Waals surface area contributed by atoms with Crippen LogP contribution in [0.15, 0.2) is 24.3 Å². The third-order valence-corrected chi connectivity index (χ3v) is 12.0. The van der Waals surface area contributed by atoms with Gasteiger partial charge >= 0.3 is 5.97 Å². The molecule has 0 fully saturated rings. The van der Waals surface area contributed by atoms with Crippen LogP contribution in [0.5, 0.6) is 0 Å². The average Bonchev–Trinajstić information content (AvgIpc) is 3.23. The fraction of sp³-hybridized carbons (Fsp3) is 0.887. The number of rotatable bonds is 47. The van der Waals surface area contributed by atoms with E-state index in [9.17, 15) is 19.8 Å². The molecule has 3 N–H and O–H groups in total. The molecule has 0 radical (unpaired) electrons. The fourth-order valence-electron chi connectivity index (χ4n) is 8.01. The maximum absolute atomic E-state index is 13.2. The summed E-state index contributed by atoms with van der Waals surface area (Å²) in [6.07, 6.45) is 53.8. The summed E-state index contributed by atoms with van der Waals surface area (Å²) in [4.78, 5) is 26.1. The van der Waals surface area contributed by atoms with Gasteiger partial charge in [-0.2, -0.15) is 0 Å². The van der Waals surface area contributed by atoms with Gasteiger partial charge in [0.25, 0.3) is 0 Å². The Labute approximate surface area is 367 Å². The van der Waals surface area contributed by atoms with E-state index in [1.54, 1.807) is 0 Å². The molecule has 0 aliphatic rings. The van der Waals surface area contributed by atoms with E-state index < -0.39 is 18.2 Å². The third kappa shape index (κ3) is 42.8. The van der Waals surface area contributed by atoms with E-state index in [-0.39, 0.29) is 24.9 Å². The minimum Gasteiger partial charge on any atom is -0.462 e. The number of hydrogen-bond acceptors (Lipinski definition) is 5. The quantitative estimate of drug-likeness (QED) is 0.0322. The van der Waals surface area contributed by atoms with E-state index in [0.29, 0.717) is 19.3 Å². The minimum atomic E-state index is -0.790. The molecule has 0 aromatic carbocycles. The zero-order valence-electron chi connectivity index (χ0n) is 39.7. The number of aliphatic hydroxyl groups is 2. The lowest BCUT2D eigenvalue weighted by molar-refractivity contribution is -0.151. The summed E-state index contributed by atoms with van der Waals surface area (Å²) in [5.74, 6) is -0.497. The highest BCUT2D eigenvalue weighted by Gasteiger charge is 2.24. The number of aliphatic hydroxyl groups excluding tert-OH is 2. The topological polar surface area (TPSA) is 95.9 Å². The Bertz CT molecular complexity index is 935. The molecule has 0 saturated heterocycles. The molecule has 0 aliphatic carbocycles. The van der Waals surface area contributed by atoms with Gasteiger partial charge in [0.15, 0.2) is 0 Å². The lowest BCUT2D eigenvalue weighted by Crippen LogP contribution is -2.46. The number of carbonyl (C=O) groups excluding carboxylic acids is 2. The number of allylic oxidation sites excluding steroid dienone is 4. The zero-order chi connectivity index (χ0) is 43.1. The van der Waals surface area contributed by atoms with Crippen LogP contribution < -0.4 is 5.32 Å². The molecule has 3 atom stereocenters. The predicted octanol–water partition coefficient (Wildman–Crippen LogP) is 15.5. The monoisotopic (exact) mass is 832 g/mol. The van der Waals surface area contributed by atoms with Crippen LogP contribution in [-0.2, 0) is 14.3 Å². The van der Waals surface area contributed by atoms with Crippen LogP contribution in [0.2, 0.25) is 0 Å². The van der Waals surface area contributed by atoms with Crippen molar-refractivity contribution in [3.8, 4) is 0 Å². The Hall–Kier alpha value is -1.66. The summed E-state index contributed by atoms with van der Waals surface area (Å²) in [6.45, 7) is 6.48. The van der Waals surface area contributed by atoms with Crippen LogP contribution in [0.4, 0.5) is 0 Å². The van der Waals surface area contributed by atoms with E-state index in [4.69, 9.17) is 4.74 Å². The maximum atomic E-state index is 13.2. The van der Waals surface area contributed by atoms with Crippen LogP contribution in [0.25, 0.3) is 0 Å². The Morgan fingerprint density at radius 1 is 0.475 bits per heavy atom. The normalized spacial score (nSPS) is 13.4. The molecule has 0 bridgehead atoms. The molecule has 348 valence electrons. The highest BCUT2D eigenvalue weighted by atomic mass is 16.5. The maximum Gasteiger partial charge on any atom is 0.306 e. The van der Waals surface area contributed by atoms with Crippen LogP contribution in [0, 0.1) is 0 Å². The highest BCUT2D eigenvalue weighted by Crippen LogP contribution is 2.17.